The van der Waals surface area contributed by atoms with Gasteiger partial charge < -0.3 is 9.84 Å². The maximum atomic E-state index is 13.6. The molecule has 6 heteroatoms. The van der Waals surface area contributed by atoms with Gasteiger partial charge in [-0.2, -0.15) is 4.98 Å². The van der Waals surface area contributed by atoms with Crippen molar-refractivity contribution in [3.8, 4) is 0 Å². The van der Waals surface area contributed by atoms with E-state index in [4.69, 9.17) is 4.52 Å². The largest absolute Gasteiger partial charge is 0.339 e. The van der Waals surface area contributed by atoms with E-state index in [2.05, 4.69) is 15.5 Å². The van der Waals surface area contributed by atoms with Gasteiger partial charge in [0, 0.05) is 18.0 Å². The van der Waals surface area contributed by atoms with Crippen LogP contribution in [0.3, 0.4) is 0 Å². The number of benzene rings is 2. The van der Waals surface area contributed by atoms with Crippen LogP contribution in [0.25, 0.3) is 0 Å². The first-order valence-corrected chi connectivity index (χ1v) is 8.00. The quantitative estimate of drug-likeness (QED) is 0.757. The Labute approximate surface area is 144 Å². The average molecular weight is 339 g/mol. The first-order valence-electron chi connectivity index (χ1n) is 8.00. The number of rotatable bonds is 5. The third kappa shape index (κ3) is 4.09. The zero-order valence-corrected chi connectivity index (χ0v) is 14.0. The first kappa shape index (κ1) is 16.8. The lowest BCUT2D eigenvalue weighted by molar-refractivity contribution is 0.102. The second-order valence-electron chi connectivity index (χ2n) is 6.01. The number of anilines is 1. The Hall–Kier alpha value is -3.02. The van der Waals surface area contributed by atoms with Crippen molar-refractivity contribution in [2.75, 3.05) is 5.32 Å². The van der Waals surface area contributed by atoms with Gasteiger partial charge in [-0.05, 0) is 29.8 Å². The summed E-state index contributed by atoms with van der Waals surface area (Å²) in [4.78, 5) is 16.4. The molecule has 0 bridgehead atoms. The van der Waals surface area contributed by atoms with Crippen LogP contribution < -0.4 is 5.32 Å². The molecule has 0 atom stereocenters. The SMILES string of the molecule is CC(C)c1nc(Cc2ccc(NC(=O)c3ccccc3F)cc2)no1. The molecule has 0 fully saturated rings. The number of carbonyl (C=O) groups is 1. The third-order valence-electron chi connectivity index (χ3n) is 3.67. The second-order valence-corrected chi connectivity index (χ2v) is 6.01. The van der Waals surface area contributed by atoms with Crippen molar-refractivity contribution in [3.05, 3.63) is 77.2 Å². The van der Waals surface area contributed by atoms with Crippen molar-refractivity contribution in [1.29, 1.82) is 0 Å². The monoisotopic (exact) mass is 339 g/mol. The molecule has 0 aliphatic rings. The Bertz CT molecular complexity index is 872. The summed E-state index contributed by atoms with van der Waals surface area (Å²) >= 11 is 0. The van der Waals surface area contributed by atoms with Gasteiger partial charge in [-0.25, -0.2) is 4.39 Å². The van der Waals surface area contributed by atoms with E-state index in [0.717, 1.165) is 5.56 Å². The normalized spacial score (nSPS) is 10.9. The van der Waals surface area contributed by atoms with Crippen LogP contribution in [-0.4, -0.2) is 16.0 Å². The number of halogens is 1. The van der Waals surface area contributed by atoms with E-state index in [1.807, 2.05) is 26.0 Å². The zero-order chi connectivity index (χ0) is 17.8. The molecule has 0 unspecified atom stereocenters. The van der Waals surface area contributed by atoms with E-state index in [0.29, 0.717) is 23.8 Å². The molecule has 1 heterocycles. The standard InChI is InChI=1S/C19H18FN3O2/c1-12(2)19-22-17(23-25-19)11-13-7-9-14(10-8-13)21-18(24)15-5-3-4-6-16(15)20/h3-10,12H,11H2,1-2H3,(H,21,24). The Morgan fingerprint density at radius 1 is 1.16 bits per heavy atom. The molecule has 1 amide bonds. The molecule has 128 valence electrons. The molecule has 0 spiro atoms. The van der Waals surface area contributed by atoms with Crippen molar-refractivity contribution < 1.29 is 13.7 Å². The van der Waals surface area contributed by atoms with Gasteiger partial charge in [-0.15, -0.1) is 0 Å². The summed E-state index contributed by atoms with van der Waals surface area (Å²) in [6, 6.07) is 13.1. The predicted octanol–water partition coefficient (Wildman–Crippen LogP) is 4.18. The van der Waals surface area contributed by atoms with Gasteiger partial charge in [0.2, 0.25) is 5.89 Å². The van der Waals surface area contributed by atoms with Gasteiger partial charge in [0.05, 0.1) is 5.56 Å². The Morgan fingerprint density at radius 3 is 2.52 bits per heavy atom. The molecule has 2 aromatic carbocycles. The van der Waals surface area contributed by atoms with E-state index < -0.39 is 11.7 Å². The summed E-state index contributed by atoms with van der Waals surface area (Å²) < 4.78 is 18.8. The van der Waals surface area contributed by atoms with Crippen LogP contribution >= 0.6 is 0 Å². The summed E-state index contributed by atoms with van der Waals surface area (Å²) in [6.07, 6.45) is 0.539. The number of nitrogens with zero attached hydrogens (tertiary/aromatic N) is 2. The van der Waals surface area contributed by atoms with Gasteiger partial charge in [-0.3, -0.25) is 4.79 Å². The molecule has 1 N–H and O–H groups in total. The van der Waals surface area contributed by atoms with Crippen molar-refractivity contribution in [2.24, 2.45) is 0 Å². The van der Waals surface area contributed by atoms with Crippen LogP contribution in [0.2, 0.25) is 0 Å². The number of nitrogens with one attached hydrogen (secondary N) is 1. The molecule has 3 rings (SSSR count). The van der Waals surface area contributed by atoms with Crippen LogP contribution in [0.1, 0.15) is 47.4 Å². The Kier molecular flexibility index (Phi) is 4.88. The third-order valence-corrected chi connectivity index (χ3v) is 3.67. The van der Waals surface area contributed by atoms with Gasteiger partial charge in [0.25, 0.3) is 5.91 Å². The number of amides is 1. The molecule has 0 saturated heterocycles. The Balaban J connectivity index is 1.65. The maximum absolute atomic E-state index is 13.6. The number of hydrogen-bond acceptors (Lipinski definition) is 4. The fourth-order valence-electron chi connectivity index (χ4n) is 2.31. The summed E-state index contributed by atoms with van der Waals surface area (Å²) in [5, 5.41) is 6.64. The second kappa shape index (κ2) is 7.25. The lowest BCUT2D eigenvalue weighted by atomic mass is 10.1. The smallest absolute Gasteiger partial charge is 0.258 e. The molecule has 0 radical (unpaired) electrons. The molecule has 0 aliphatic heterocycles. The highest BCUT2D eigenvalue weighted by Crippen LogP contribution is 2.16. The van der Waals surface area contributed by atoms with Crippen LogP contribution in [-0.2, 0) is 6.42 Å². The molecular weight excluding hydrogens is 321 g/mol. The van der Waals surface area contributed by atoms with Gasteiger partial charge >= 0.3 is 0 Å². The highest BCUT2D eigenvalue weighted by Gasteiger charge is 2.12. The first-order chi connectivity index (χ1) is 12.0. The fourth-order valence-corrected chi connectivity index (χ4v) is 2.31. The zero-order valence-electron chi connectivity index (χ0n) is 14.0. The van der Waals surface area contributed by atoms with Crippen molar-refractivity contribution in [2.45, 2.75) is 26.2 Å². The van der Waals surface area contributed by atoms with Crippen molar-refractivity contribution in [1.82, 2.24) is 10.1 Å². The minimum absolute atomic E-state index is 0.0135. The van der Waals surface area contributed by atoms with Crippen LogP contribution in [0, 0.1) is 5.82 Å². The van der Waals surface area contributed by atoms with E-state index in [1.165, 1.54) is 12.1 Å². The summed E-state index contributed by atoms with van der Waals surface area (Å²) in [7, 11) is 0. The molecule has 0 aliphatic carbocycles. The lowest BCUT2D eigenvalue weighted by Crippen LogP contribution is -2.13. The minimum Gasteiger partial charge on any atom is -0.339 e. The van der Waals surface area contributed by atoms with Gasteiger partial charge in [0.15, 0.2) is 5.82 Å². The number of carbonyl (C=O) groups excluding carboxylic acids is 1. The number of aromatic nitrogens is 2. The van der Waals surface area contributed by atoms with Gasteiger partial charge in [-0.1, -0.05) is 43.3 Å². The topological polar surface area (TPSA) is 68.0 Å². The highest BCUT2D eigenvalue weighted by atomic mass is 19.1. The molecule has 5 nitrogen and oxygen atoms in total. The summed E-state index contributed by atoms with van der Waals surface area (Å²) in [5.74, 6) is 0.396. The molecule has 25 heavy (non-hydrogen) atoms. The van der Waals surface area contributed by atoms with E-state index >= 15 is 0 Å². The summed E-state index contributed by atoms with van der Waals surface area (Å²) in [6.45, 7) is 3.98. The van der Waals surface area contributed by atoms with Gasteiger partial charge in [0.1, 0.15) is 5.82 Å². The van der Waals surface area contributed by atoms with Crippen LogP contribution in [0.4, 0.5) is 10.1 Å². The maximum Gasteiger partial charge on any atom is 0.258 e. The number of hydrogen-bond donors (Lipinski definition) is 1. The Morgan fingerprint density at radius 2 is 1.88 bits per heavy atom. The van der Waals surface area contributed by atoms with Crippen molar-refractivity contribution >= 4 is 11.6 Å². The van der Waals surface area contributed by atoms with E-state index in [-0.39, 0.29) is 11.5 Å². The average Bonchev–Trinajstić information content (AvgIpc) is 3.06. The van der Waals surface area contributed by atoms with E-state index in [1.54, 1.807) is 24.3 Å². The minimum atomic E-state index is -0.547. The van der Waals surface area contributed by atoms with Crippen LogP contribution in [0.5, 0.6) is 0 Å². The van der Waals surface area contributed by atoms with Crippen molar-refractivity contribution in [3.63, 3.8) is 0 Å². The molecule has 0 saturated carbocycles. The van der Waals surface area contributed by atoms with Crippen LogP contribution in [0.15, 0.2) is 53.1 Å². The summed E-state index contributed by atoms with van der Waals surface area (Å²) in [5.41, 5.74) is 1.59. The predicted molar refractivity (Wildman–Crippen MR) is 92.0 cm³/mol. The lowest BCUT2D eigenvalue weighted by Gasteiger charge is -2.06. The molecular formula is C19H18FN3O2. The van der Waals surface area contributed by atoms with E-state index in [9.17, 15) is 9.18 Å². The molecule has 3 aromatic rings. The highest BCUT2D eigenvalue weighted by molar-refractivity contribution is 6.04. The fraction of sp³-hybridized carbons (Fsp3) is 0.211. The molecule has 1 aromatic heterocycles.